The van der Waals surface area contributed by atoms with E-state index in [1.54, 1.807) is 21.3 Å². The number of methoxy groups -OCH3 is 3. The van der Waals surface area contributed by atoms with Crippen molar-refractivity contribution >= 4 is 0 Å². The summed E-state index contributed by atoms with van der Waals surface area (Å²) in [5.74, 6) is 2.56. The van der Waals surface area contributed by atoms with Crippen molar-refractivity contribution in [3.63, 3.8) is 0 Å². The summed E-state index contributed by atoms with van der Waals surface area (Å²) in [6.07, 6.45) is 2.21. The van der Waals surface area contributed by atoms with E-state index in [1.807, 2.05) is 12.1 Å². The molecule has 1 heterocycles. The van der Waals surface area contributed by atoms with Crippen molar-refractivity contribution in [3.05, 3.63) is 48.0 Å². The molecule has 26 heavy (non-hydrogen) atoms. The fourth-order valence-electron chi connectivity index (χ4n) is 3.34. The zero-order valence-corrected chi connectivity index (χ0v) is 15.7. The summed E-state index contributed by atoms with van der Waals surface area (Å²) in [6.45, 7) is 3.06. The average Bonchev–Trinajstić information content (AvgIpc) is 2.69. The van der Waals surface area contributed by atoms with Crippen molar-refractivity contribution in [2.24, 2.45) is 0 Å². The molecule has 0 bridgehead atoms. The van der Waals surface area contributed by atoms with Gasteiger partial charge in [0.25, 0.3) is 0 Å². The zero-order chi connectivity index (χ0) is 18.4. The predicted octanol–water partition coefficient (Wildman–Crippen LogP) is 3.76. The lowest BCUT2D eigenvalue weighted by Crippen LogP contribution is -2.37. The summed E-state index contributed by atoms with van der Waals surface area (Å²) in [6, 6.07) is 14.3. The van der Waals surface area contributed by atoms with Gasteiger partial charge >= 0.3 is 0 Å². The Balaban J connectivity index is 1.59. The Labute approximate surface area is 155 Å². The van der Waals surface area contributed by atoms with E-state index in [4.69, 9.17) is 18.9 Å². The van der Waals surface area contributed by atoms with E-state index in [2.05, 4.69) is 35.2 Å². The van der Waals surface area contributed by atoms with Gasteiger partial charge in [0.2, 0.25) is 5.75 Å². The number of hydrogen-bond acceptors (Lipinski definition) is 5. The number of benzene rings is 2. The van der Waals surface area contributed by atoms with Gasteiger partial charge in [0, 0.05) is 31.8 Å². The van der Waals surface area contributed by atoms with Gasteiger partial charge in [-0.15, -0.1) is 0 Å². The van der Waals surface area contributed by atoms with Crippen molar-refractivity contribution in [2.75, 3.05) is 34.4 Å². The number of ether oxygens (including phenoxy) is 4. The molecule has 0 spiro atoms. The van der Waals surface area contributed by atoms with Crippen molar-refractivity contribution in [1.29, 1.82) is 0 Å². The first-order valence-electron chi connectivity index (χ1n) is 8.96. The Morgan fingerprint density at radius 3 is 2.04 bits per heavy atom. The van der Waals surface area contributed by atoms with Crippen LogP contribution in [0.15, 0.2) is 42.5 Å². The first-order valence-corrected chi connectivity index (χ1v) is 8.96. The molecular weight excluding hydrogens is 330 g/mol. The quantitative estimate of drug-likeness (QED) is 0.755. The fourth-order valence-corrected chi connectivity index (χ4v) is 3.34. The topological polar surface area (TPSA) is 40.2 Å². The lowest BCUT2D eigenvalue weighted by atomic mass is 10.1. The summed E-state index contributed by atoms with van der Waals surface area (Å²) >= 11 is 0. The molecule has 2 aromatic rings. The number of likely N-dealkylation sites (tertiary alicyclic amines) is 1. The number of piperidine rings is 1. The Morgan fingerprint density at radius 2 is 1.50 bits per heavy atom. The minimum absolute atomic E-state index is 0.199. The van der Waals surface area contributed by atoms with Crippen LogP contribution in [0.2, 0.25) is 0 Å². The second kappa shape index (κ2) is 8.81. The molecule has 140 valence electrons. The summed E-state index contributed by atoms with van der Waals surface area (Å²) in [5, 5.41) is 0. The molecule has 0 radical (unpaired) electrons. The van der Waals surface area contributed by atoms with E-state index in [9.17, 15) is 0 Å². The maximum absolute atomic E-state index is 6.20. The molecule has 1 saturated heterocycles. The van der Waals surface area contributed by atoms with Crippen molar-refractivity contribution in [2.45, 2.75) is 25.5 Å². The van der Waals surface area contributed by atoms with Crippen LogP contribution in [0.25, 0.3) is 0 Å². The van der Waals surface area contributed by atoms with Crippen LogP contribution in [0.3, 0.4) is 0 Å². The number of hydrogen-bond donors (Lipinski definition) is 0. The van der Waals surface area contributed by atoms with E-state index < -0.39 is 0 Å². The summed E-state index contributed by atoms with van der Waals surface area (Å²) in [5.41, 5.74) is 1.36. The average molecular weight is 357 g/mol. The molecule has 3 rings (SSSR count). The normalized spacial score (nSPS) is 15.5. The molecule has 0 amide bonds. The SMILES string of the molecule is COc1cc(OC2CCN(Cc3ccccc3)CC2)cc(OC)c1OC. The lowest BCUT2D eigenvalue weighted by molar-refractivity contribution is 0.0963. The highest BCUT2D eigenvalue weighted by Crippen LogP contribution is 2.41. The summed E-state index contributed by atoms with van der Waals surface area (Å²) < 4.78 is 22.4. The smallest absolute Gasteiger partial charge is 0.203 e. The van der Waals surface area contributed by atoms with Crippen LogP contribution in [0.1, 0.15) is 18.4 Å². The third-order valence-electron chi connectivity index (χ3n) is 4.72. The summed E-state index contributed by atoms with van der Waals surface area (Å²) in [4.78, 5) is 2.48. The Bertz CT molecular complexity index is 671. The van der Waals surface area contributed by atoms with Crippen molar-refractivity contribution < 1.29 is 18.9 Å². The van der Waals surface area contributed by atoms with Gasteiger partial charge in [-0.2, -0.15) is 0 Å². The third kappa shape index (κ3) is 4.41. The largest absolute Gasteiger partial charge is 0.493 e. The van der Waals surface area contributed by atoms with Gasteiger partial charge in [0.15, 0.2) is 11.5 Å². The van der Waals surface area contributed by atoms with Crippen LogP contribution in [-0.2, 0) is 6.54 Å². The molecule has 1 aliphatic heterocycles. The third-order valence-corrected chi connectivity index (χ3v) is 4.72. The second-order valence-corrected chi connectivity index (χ2v) is 6.44. The highest BCUT2D eigenvalue weighted by Gasteiger charge is 2.22. The van der Waals surface area contributed by atoms with Gasteiger partial charge < -0.3 is 18.9 Å². The van der Waals surface area contributed by atoms with Crippen LogP contribution in [0.5, 0.6) is 23.0 Å². The van der Waals surface area contributed by atoms with Crippen LogP contribution in [0.4, 0.5) is 0 Å². The molecule has 0 saturated carbocycles. The van der Waals surface area contributed by atoms with E-state index in [0.29, 0.717) is 17.2 Å². The Kier molecular flexibility index (Phi) is 6.23. The van der Waals surface area contributed by atoms with Crippen LogP contribution in [0, 0.1) is 0 Å². The van der Waals surface area contributed by atoms with Gasteiger partial charge in [-0.3, -0.25) is 4.90 Å². The van der Waals surface area contributed by atoms with Crippen molar-refractivity contribution in [3.8, 4) is 23.0 Å². The lowest BCUT2D eigenvalue weighted by Gasteiger charge is -2.32. The number of rotatable bonds is 7. The first kappa shape index (κ1) is 18.4. The molecule has 1 aliphatic rings. The predicted molar refractivity (Wildman–Crippen MR) is 101 cm³/mol. The fraction of sp³-hybridized carbons (Fsp3) is 0.429. The highest BCUT2D eigenvalue weighted by atomic mass is 16.5. The van der Waals surface area contributed by atoms with Crippen LogP contribution >= 0.6 is 0 Å². The molecule has 0 aliphatic carbocycles. The van der Waals surface area contributed by atoms with Crippen molar-refractivity contribution in [1.82, 2.24) is 4.90 Å². The van der Waals surface area contributed by atoms with Gasteiger partial charge in [-0.25, -0.2) is 0 Å². The molecule has 5 heteroatoms. The molecule has 2 aromatic carbocycles. The molecular formula is C21H27NO4. The highest BCUT2D eigenvalue weighted by molar-refractivity contribution is 5.55. The minimum atomic E-state index is 0.199. The number of nitrogens with zero attached hydrogens (tertiary/aromatic N) is 1. The minimum Gasteiger partial charge on any atom is -0.493 e. The molecule has 0 N–H and O–H groups in total. The molecule has 0 aromatic heterocycles. The maximum atomic E-state index is 6.20. The molecule has 5 nitrogen and oxygen atoms in total. The van der Waals surface area contributed by atoms with Crippen LogP contribution in [-0.4, -0.2) is 45.4 Å². The first-order chi connectivity index (χ1) is 12.7. The summed E-state index contributed by atoms with van der Waals surface area (Å²) in [7, 11) is 4.83. The molecule has 0 atom stereocenters. The van der Waals surface area contributed by atoms with E-state index >= 15 is 0 Å². The van der Waals surface area contributed by atoms with Crippen LogP contribution < -0.4 is 18.9 Å². The second-order valence-electron chi connectivity index (χ2n) is 6.44. The zero-order valence-electron chi connectivity index (χ0n) is 15.7. The van der Waals surface area contributed by atoms with E-state index in [0.717, 1.165) is 38.2 Å². The standard InChI is InChI=1S/C21H27NO4/c1-23-19-13-18(14-20(24-2)21(19)25-3)26-17-9-11-22(12-10-17)15-16-7-5-4-6-8-16/h4-8,13-14,17H,9-12,15H2,1-3H3. The molecule has 1 fully saturated rings. The monoisotopic (exact) mass is 357 g/mol. The van der Waals surface area contributed by atoms with E-state index in [-0.39, 0.29) is 6.10 Å². The van der Waals surface area contributed by atoms with Gasteiger partial charge in [0.1, 0.15) is 11.9 Å². The van der Waals surface area contributed by atoms with E-state index in [1.165, 1.54) is 5.56 Å². The van der Waals surface area contributed by atoms with Gasteiger partial charge in [-0.1, -0.05) is 30.3 Å². The Morgan fingerprint density at radius 1 is 0.885 bits per heavy atom. The van der Waals surface area contributed by atoms with Gasteiger partial charge in [-0.05, 0) is 18.4 Å². The molecule has 0 unspecified atom stereocenters. The Hall–Kier alpha value is -2.40. The maximum Gasteiger partial charge on any atom is 0.203 e. The van der Waals surface area contributed by atoms with Gasteiger partial charge in [0.05, 0.1) is 21.3 Å².